The highest BCUT2D eigenvalue weighted by atomic mass is 16.5. The Bertz CT molecular complexity index is 785. The first-order chi connectivity index (χ1) is 11.9. The largest absolute Gasteiger partial charge is 0.493 e. The van der Waals surface area contributed by atoms with Gasteiger partial charge >= 0.3 is 0 Å². The quantitative estimate of drug-likeness (QED) is 0.920. The molecular formula is C20H23NO4. The van der Waals surface area contributed by atoms with Crippen molar-refractivity contribution in [2.24, 2.45) is 0 Å². The molecule has 2 aromatic rings. The van der Waals surface area contributed by atoms with E-state index in [2.05, 4.69) is 5.32 Å². The third-order valence-electron chi connectivity index (χ3n) is 4.33. The number of nitrogens with one attached hydrogen (secondary N) is 1. The molecule has 0 spiro atoms. The lowest BCUT2D eigenvalue weighted by molar-refractivity contribution is 0.0619. The first-order valence-corrected chi connectivity index (χ1v) is 8.24. The average Bonchev–Trinajstić information content (AvgIpc) is 2.60. The maximum Gasteiger partial charge on any atom is 0.251 e. The summed E-state index contributed by atoms with van der Waals surface area (Å²) in [6.07, 6.45) is 0.697. The maximum absolute atomic E-state index is 12.8. The summed E-state index contributed by atoms with van der Waals surface area (Å²) in [7, 11) is 3.12. The first kappa shape index (κ1) is 17.1. The number of fused-ring (bicyclic) bond motifs is 1. The number of carbonyl (C=O) groups is 1. The van der Waals surface area contributed by atoms with E-state index in [1.165, 1.54) is 0 Å². The van der Waals surface area contributed by atoms with E-state index in [4.69, 9.17) is 14.2 Å². The van der Waals surface area contributed by atoms with E-state index in [0.29, 0.717) is 23.5 Å². The van der Waals surface area contributed by atoms with Gasteiger partial charge in [0.15, 0.2) is 11.5 Å². The van der Waals surface area contributed by atoms with Gasteiger partial charge in [-0.05, 0) is 38.1 Å². The van der Waals surface area contributed by atoms with E-state index in [-0.39, 0.29) is 17.6 Å². The van der Waals surface area contributed by atoms with Crippen LogP contribution in [0.1, 0.15) is 42.2 Å². The van der Waals surface area contributed by atoms with Crippen LogP contribution in [0, 0.1) is 0 Å². The van der Waals surface area contributed by atoms with Crippen LogP contribution in [0.25, 0.3) is 0 Å². The number of methoxy groups -OCH3 is 2. The van der Waals surface area contributed by atoms with Crippen molar-refractivity contribution >= 4 is 5.91 Å². The minimum absolute atomic E-state index is 0.111. The van der Waals surface area contributed by atoms with Crippen molar-refractivity contribution in [1.29, 1.82) is 0 Å². The molecule has 1 heterocycles. The Morgan fingerprint density at radius 3 is 2.56 bits per heavy atom. The Balaban J connectivity index is 1.86. The van der Waals surface area contributed by atoms with E-state index >= 15 is 0 Å². The van der Waals surface area contributed by atoms with E-state index in [1.807, 2.05) is 38.1 Å². The van der Waals surface area contributed by atoms with Crippen LogP contribution in [-0.4, -0.2) is 25.7 Å². The minimum atomic E-state index is -0.343. The summed E-state index contributed by atoms with van der Waals surface area (Å²) < 4.78 is 16.5. The van der Waals surface area contributed by atoms with Gasteiger partial charge in [-0.15, -0.1) is 0 Å². The Labute approximate surface area is 147 Å². The molecule has 1 N–H and O–H groups in total. The Morgan fingerprint density at radius 2 is 1.84 bits per heavy atom. The standard InChI is InChI=1S/C20H23NO4/c1-20(2)12-15(14-7-5-6-8-16(14)25-20)21-19(22)13-9-10-17(23-3)18(11-13)24-4/h5-11,15H,12H2,1-4H3,(H,21,22). The van der Waals surface area contributed by atoms with Gasteiger partial charge in [0.1, 0.15) is 11.4 Å². The summed E-state index contributed by atoms with van der Waals surface area (Å²) in [6, 6.07) is 12.9. The molecule has 2 aromatic carbocycles. The fourth-order valence-electron chi connectivity index (χ4n) is 3.15. The van der Waals surface area contributed by atoms with Gasteiger partial charge < -0.3 is 19.5 Å². The molecule has 5 nitrogen and oxygen atoms in total. The van der Waals surface area contributed by atoms with Crippen LogP contribution in [0.2, 0.25) is 0 Å². The topological polar surface area (TPSA) is 56.8 Å². The van der Waals surface area contributed by atoms with Gasteiger partial charge in [0.2, 0.25) is 0 Å². The van der Waals surface area contributed by atoms with Crippen molar-refractivity contribution in [2.75, 3.05) is 14.2 Å². The molecule has 1 aliphatic heterocycles. The SMILES string of the molecule is COc1ccc(C(=O)NC2CC(C)(C)Oc3ccccc32)cc1OC. The summed E-state index contributed by atoms with van der Waals surface area (Å²) in [5.74, 6) is 1.79. The lowest BCUT2D eigenvalue weighted by Crippen LogP contribution is -2.41. The first-order valence-electron chi connectivity index (χ1n) is 8.24. The van der Waals surface area contributed by atoms with Gasteiger partial charge in [0.05, 0.1) is 20.3 Å². The summed E-state index contributed by atoms with van der Waals surface area (Å²) >= 11 is 0. The number of rotatable bonds is 4. The zero-order valence-electron chi connectivity index (χ0n) is 15.0. The minimum Gasteiger partial charge on any atom is -0.493 e. The molecule has 1 aliphatic rings. The van der Waals surface area contributed by atoms with Gasteiger partial charge in [-0.1, -0.05) is 18.2 Å². The van der Waals surface area contributed by atoms with E-state index in [9.17, 15) is 4.79 Å². The van der Waals surface area contributed by atoms with Crippen molar-refractivity contribution in [3.63, 3.8) is 0 Å². The molecule has 0 bridgehead atoms. The van der Waals surface area contributed by atoms with Gasteiger partial charge in [-0.25, -0.2) is 0 Å². The van der Waals surface area contributed by atoms with Crippen LogP contribution in [0.3, 0.4) is 0 Å². The molecule has 0 saturated heterocycles. The van der Waals surface area contributed by atoms with Crippen LogP contribution >= 0.6 is 0 Å². The normalized spacial score (nSPS) is 17.8. The summed E-state index contributed by atoms with van der Waals surface area (Å²) in [4.78, 5) is 12.8. The van der Waals surface area contributed by atoms with Crippen molar-refractivity contribution in [3.05, 3.63) is 53.6 Å². The second kappa shape index (κ2) is 6.67. The van der Waals surface area contributed by atoms with Crippen LogP contribution in [0.4, 0.5) is 0 Å². The summed E-state index contributed by atoms with van der Waals surface area (Å²) in [5.41, 5.74) is 1.18. The Hall–Kier alpha value is -2.69. The predicted octanol–water partition coefficient (Wildman–Crippen LogP) is 3.74. The number of ether oxygens (including phenoxy) is 3. The number of hydrogen-bond acceptors (Lipinski definition) is 4. The second-order valence-corrected chi connectivity index (χ2v) is 6.70. The van der Waals surface area contributed by atoms with Crippen molar-refractivity contribution in [2.45, 2.75) is 31.9 Å². The fraction of sp³-hybridized carbons (Fsp3) is 0.350. The summed E-state index contributed by atoms with van der Waals surface area (Å²) in [5, 5.41) is 3.12. The number of hydrogen-bond donors (Lipinski definition) is 1. The predicted molar refractivity (Wildman–Crippen MR) is 95.5 cm³/mol. The second-order valence-electron chi connectivity index (χ2n) is 6.70. The third-order valence-corrected chi connectivity index (χ3v) is 4.33. The van der Waals surface area contributed by atoms with Crippen LogP contribution in [-0.2, 0) is 0 Å². The number of carbonyl (C=O) groups excluding carboxylic acids is 1. The molecule has 25 heavy (non-hydrogen) atoms. The third kappa shape index (κ3) is 3.55. The number of benzene rings is 2. The molecule has 0 fully saturated rings. The molecule has 132 valence electrons. The smallest absolute Gasteiger partial charge is 0.251 e. The highest BCUT2D eigenvalue weighted by Crippen LogP contribution is 2.39. The van der Waals surface area contributed by atoms with E-state index in [0.717, 1.165) is 11.3 Å². The van der Waals surface area contributed by atoms with E-state index in [1.54, 1.807) is 32.4 Å². The van der Waals surface area contributed by atoms with Crippen molar-refractivity contribution < 1.29 is 19.0 Å². The highest BCUT2D eigenvalue weighted by Gasteiger charge is 2.34. The van der Waals surface area contributed by atoms with E-state index < -0.39 is 0 Å². The van der Waals surface area contributed by atoms with Gasteiger partial charge in [-0.3, -0.25) is 4.79 Å². The average molecular weight is 341 g/mol. The van der Waals surface area contributed by atoms with Gasteiger partial charge in [-0.2, -0.15) is 0 Å². The Kier molecular flexibility index (Phi) is 4.57. The van der Waals surface area contributed by atoms with Crippen LogP contribution in [0.15, 0.2) is 42.5 Å². The molecule has 0 aromatic heterocycles. The monoisotopic (exact) mass is 341 g/mol. The fourth-order valence-corrected chi connectivity index (χ4v) is 3.15. The highest BCUT2D eigenvalue weighted by molar-refractivity contribution is 5.95. The molecular weight excluding hydrogens is 318 g/mol. The molecule has 0 aliphatic carbocycles. The summed E-state index contributed by atoms with van der Waals surface area (Å²) in [6.45, 7) is 4.05. The van der Waals surface area contributed by atoms with Crippen LogP contribution < -0.4 is 19.5 Å². The molecule has 1 atom stereocenters. The van der Waals surface area contributed by atoms with Crippen molar-refractivity contribution in [1.82, 2.24) is 5.32 Å². The van der Waals surface area contributed by atoms with Gasteiger partial charge in [0.25, 0.3) is 5.91 Å². The lowest BCUT2D eigenvalue weighted by atomic mass is 9.89. The lowest BCUT2D eigenvalue weighted by Gasteiger charge is -2.37. The van der Waals surface area contributed by atoms with Crippen molar-refractivity contribution in [3.8, 4) is 17.2 Å². The maximum atomic E-state index is 12.8. The molecule has 1 unspecified atom stereocenters. The number of amides is 1. The Morgan fingerprint density at radius 1 is 1.12 bits per heavy atom. The van der Waals surface area contributed by atoms with Crippen LogP contribution in [0.5, 0.6) is 17.2 Å². The number of para-hydroxylation sites is 1. The zero-order chi connectivity index (χ0) is 18.0. The molecule has 0 saturated carbocycles. The van der Waals surface area contributed by atoms with Gasteiger partial charge in [0, 0.05) is 17.5 Å². The molecule has 0 radical (unpaired) electrons. The molecule has 1 amide bonds. The molecule has 5 heteroatoms. The zero-order valence-corrected chi connectivity index (χ0v) is 15.0. The molecule has 3 rings (SSSR count).